The van der Waals surface area contributed by atoms with Crippen molar-refractivity contribution in [2.45, 2.75) is 30.6 Å². The molecule has 0 spiro atoms. The second-order valence-corrected chi connectivity index (χ2v) is 8.62. The summed E-state index contributed by atoms with van der Waals surface area (Å²) in [5.74, 6) is -0.283. The average Bonchev–Trinajstić information content (AvgIpc) is 2.62. The molecule has 7 nitrogen and oxygen atoms in total. The van der Waals surface area contributed by atoms with Gasteiger partial charge in [-0.3, -0.25) is 9.69 Å². The van der Waals surface area contributed by atoms with E-state index in [1.165, 1.54) is 16.4 Å². The van der Waals surface area contributed by atoms with Crippen LogP contribution in [0.25, 0.3) is 0 Å². The topological polar surface area (TPSA) is 93.5 Å². The number of hydrogen-bond donors (Lipinski definition) is 1. The van der Waals surface area contributed by atoms with Crippen LogP contribution in [0.2, 0.25) is 5.02 Å². The Balaban J connectivity index is 2.11. The summed E-state index contributed by atoms with van der Waals surface area (Å²) in [6.45, 7) is 1.56. The number of carbonyl (C=O) groups excluding carboxylic acids is 1. The lowest BCUT2D eigenvalue weighted by molar-refractivity contribution is -0.117. The van der Waals surface area contributed by atoms with E-state index in [9.17, 15) is 13.2 Å². The van der Waals surface area contributed by atoms with Crippen molar-refractivity contribution < 1.29 is 13.2 Å². The highest BCUT2D eigenvalue weighted by Crippen LogP contribution is 2.29. The van der Waals surface area contributed by atoms with Gasteiger partial charge in [0, 0.05) is 31.7 Å². The van der Waals surface area contributed by atoms with Crippen molar-refractivity contribution >= 4 is 33.2 Å². The largest absolute Gasteiger partial charge is 0.325 e. The van der Waals surface area contributed by atoms with Gasteiger partial charge in [-0.2, -0.15) is 9.57 Å². The summed E-state index contributed by atoms with van der Waals surface area (Å²) < 4.78 is 27.1. The molecule has 1 aliphatic heterocycles. The molecular weight excluding hydrogens is 376 g/mol. The van der Waals surface area contributed by atoms with Crippen molar-refractivity contribution in [3.05, 3.63) is 23.2 Å². The van der Waals surface area contributed by atoms with Crippen LogP contribution in [-0.4, -0.2) is 56.8 Å². The number of nitrogens with zero attached hydrogens (tertiary/aromatic N) is 3. The minimum absolute atomic E-state index is 0.0108. The number of sulfonamides is 1. The predicted molar refractivity (Wildman–Crippen MR) is 100 cm³/mol. The highest BCUT2D eigenvalue weighted by atomic mass is 35.5. The summed E-state index contributed by atoms with van der Waals surface area (Å²) in [5.41, 5.74) is 0.378. The zero-order valence-electron chi connectivity index (χ0n) is 14.7. The van der Waals surface area contributed by atoms with Crippen LogP contribution >= 0.6 is 11.6 Å². The third-order valence-electron chi connectivity index (χ3n) is 4.17. The van der Waals surface area contributed by atoms with Crippen molar-refractivity contribution in [2.24, 2.45) is 0 Å². The van der Waals surface area contributed by atoms with Gasteiger partial charge >= 0.3 is 0 Å². The molecule has 1 amide bonds. The Kier molecular flexibility index (Phi) is 7.41. The van der Waals surface area contributed by atoms with Gasteiger partial charge in [0.15, 0.2) is 0 Å². The van der Waals surface area contributed by atoms with E-state index < -0.39 is 10.0 Å². The first kappa shape index (κ1) is 20.6. The van der Waals surface area contributed by atoms with E-state index in [1.54, 1.807) is 18.0 Å². The van der Waals surface area contributed by atoms with Crippen LogP contribution in [0.4, 0.5) is 5.69 Å². The van der Waals surface area contributed by atoms with E-state index in [0.29, 0.717) is 31.7 Å². The van der Waals surface area contributed by atoms with Crippen LogP contribution in [-0.2, 0) is 14.8 Å². The van der Waals surface area contributed by atoms with E-state index in [0.717, 1.165) is 19.3 Å². The fraction of sp³-hybridized carbons (Fsp3) is 0.529. The first-order valence-corrected chi connectivity index (χ1v) is 10.3. The summed E-state index contributed by atoms with van der Waals surface area (Å²) >= 11 is 6.12. The summed E-state index contributed by atoms with van der Waals surface area (Å²) in [4.78, 5) is 13.8. The van der Waals surface area contributed by atoms with E-state index in [1.807, 2.05) is 6.07 Å². The molecule has 0 radical (unpaired) electrons. The van der Waals surface area contributed by atoms with Crippen molar-refractivity contribution in [3.8, 4) is 6.07 Å². The molecule has 0 aromatic heterocycles. The quantitative estimate of drug-likeness (QED) is 0.760. The number of benzene rings is 1. The third-order valence-corrected chi connectivity index (χ3v) is 6.55. The molecule has 142 valence electrons. The number of carbonyl (C=O) groups is 1. The van der Waals surface area contributed by atoms with Crippen LogP contribution in [0.5, 0.6) is 0 Å². The van der Waals surface area contributed by atoms with E-state index in [4.69, 9.17) is 16.9 Å². The van der Waals surface area contributed by atoms with Crippen molar-refractivity contribution in [2.75, 3.05) is 38.5 Å². The fourth-order valence-electron chi connectivity index (χ4n) is 2.79. The number of hydrogen-bond acceptors (Lipinski definition) is 5. The van der Waals surface area contributed by atoms with Crippen LogP contribution in [0.3, 0.4) is 0 Å². The molecule has 9 heteroatoms. The van der Waals surface area contributed by atoms with Crippen molar-refractivity contribution in [1.82, 2.24) is 9.21 Å². The molecule has 1 N–H and O–H groups in total. The Morgan fingerprint density at radius 2 is 2.04 bits per heavy atom. The predicted octanol–water partition coefficient (Wildman–Crippen LogP) is 2.30. The second-order valence-electron chi connectivity index (χ2n) is 6.30. The van der Waals surface area contributed by atoms with Crippen LogP contribution < -0.4 is 5.32 Å². The second kappa shape index (κ2) is 9.33. The number of halogens is 1. The molecule has 0 atom stereocenters. The molecule has 1 fully saturated rings. The minimum atomic E-state index is -3.68. The van der Waals surface area contributed by atoms with Gasteiger partial charge in [-0.15, -0.1) is 0 Å². The number of nitriles is 1. The standard InChI is InChI=1S/C17H23ClN4O3S/c1-21(9-5-8-19)13-17(23)20-14-6-7-15(18)16(12-14)26(24,25)22-10-3-2-4-11-22/h6-7,12H,2-5,9-11,13H2,1H3,(H,20,23). The number of piperidine rings is 1. The molecule has 0 unspecified atom stereocenters. The summed E-state index contributed by atoms with van der Waals surface area (Å²) in [6.07, 6.45) is 3.03. The number of amides is 1. The Labute approximate surface area is 159 Å². The smallest absolute Gasteiger partial charge is 0.244 e. The van der Waals surface area contributed by atoms with Crippen molar-refractivity contribution in [3.63, 3.8) is 0 Å². The molecule has 0 saturated carbocycles. The van der Waals surface area contributed by atoms with Gasteiger partial charge in [0.05, 0.1) is 17.6 Å². The molecule has 26 heavy (non-hydrogen) atoms. The normalized spacial score (nSPS) is 15.6. The van der Waals surface area contributed by atoms with Crippen molar-refractivity contribution in [1.29, 1.82) is 5.26 Å². The zero-order valence-corrected chi connectivity index (χ0v) is 16.3. The number of likely N-dealkylation sites (N-methyl/N-ethyl adjacent to an activating group) is 1. The Morgan fingerprint density at radius 1 is 1.35 bits per heavy atom. The highest BCUT2D eigenvalue weighted by molar-refractivity contribution is 7.89. The molecule has 0 bridgehead atoms. The molecule has 1 aromatic rings. The van der Waals surface area contributed by atoms with Gasteiger partial charge in [-0.1, -0.05) is 18.0 Å². The number of nitrogens with one attached hydrogen (secondary N) is 1. The zero-order chi connectivity index (χ0) is 19.2. The molecule has 2 rings (SSSR count). The third kappa shape index (κ3) is 5.42. The maximum Gasteiger partial charge on any atom is 0.244 e. The van der Waals surface area contributed by atoms with Gasteiger partial charge < -0.3 is 5.32 Å². The first-order chi connectivity index (χ1) is 12.3. The van der Waals surface area contributed by atoms with Gasteiger partial charge in [0.25, 0.3) is 0 Å². The molecule has 1 aromatic carbocycles. The maximum atomic E-state index is 12.8. The maximum absolute atomic E-state index is 12.8. The Bertz CT molecular complexity index is 786. The lowest BCUT2D eigenvalue weighted by Crippen LogP contribution is -2.35. The molecule has 1 aliphatic rings. The summed E-state index contributed by atoms with van der Waals surface area (Å²) in [5, 5.41) is 11.4. The lowest BCUT2D eigenvalue weighted by atomic mass is 10.2. The van der Waals surface area contributed by atoms with E-state index in [-0.39, 0.29) is 22.4 Å². The van der Waals surface area contributed by atoms with E-state index in [2.05, 4.69) is 5.32 Å². The number of rotatable bonds is 7. The van der Waals surface area contributed by atoms with Crippen LogP contribution in [0.15, 0.2) is 23.1 Å². The van der Waals surface area contributed by atoms with Crippen LogP contribution in [0, 0.1) is 11.3 Å². The lowest BCUT2D eigenvalue weighted by Gasteiger charge is -2.26. The minimum Gasteiger partial charge on any atom is -0.325 e. The fourth-order valence-corrected chi connectivity index (χ4v) is 4.81. The Hall–Kier alpha value is -1.66. The molecule has 1 heterocycles. The first-order valence-electron chi connectivity index (χ1n) is 8.49. The summed E-state index contributed by atoms with van der Waals surface area (Å²) in [7, 11) is -1.94. The SMILES string of the molecule is CN(CCC#N)CC(=O)Nc1ccc(Cl)c(S(=O)(=O)N2CCCCC2)c1. The highest BCUT2D eigenvalue weighted by Gasteiger charge is 2.28. The molecule has 1 saturated heterocycles. The van der Waals surface area contributed by atoms with E-state index >= 15 is 0 Å². The van der Waals surface area contributed by atoms with Gasteiger partial charge in [0.1, 0.15) is 4.90 Å². The summed E-state index contributed by atoms with van der Waals surface area (Å²) in [6, 6.07) is 6.48. The van der Waals surface area contributed by atoms with Gasteiger partial charge in [-0.05, 0) is 38.1 Å². The monoisotopic (exact) mass is 398 g/mol. The van der Waals surface area contributed by atoms with Gasteiger partial charge in [-0.25, -0.2) is 8.42 Å². The van der Waals surface area contributed by atoms with Crippen LogP contribution in [0.1, 0.15) is 25.7 Å². The number of anilines is 1. The Morgan fingerprint density at radius 3 is 2.69 bits per heavy atom. The average molecular weight is 399 g/mol. The molecular formula is C17H23ClN4O3S. The van der Waals surface area contributed by atoms with Gasteiger partial charge in [0.2, 0.25) is 15.9 Å². The molecule has 0 aliphatic carbocycles.